The summed E-state index contributed by atoms with van der Waals surface area (Å²) in [7, 11) is 1.35. The number of rotatable bonds is 4. The Morgan fingerprint density at radius 3 is 2.65 bits per heavy atom. The first-order chi connectivity index (χ1) is 7.95. The van der Waals surface area contributed by atoms with E-state index in [-0.39, 0.29) is 17.6 Å². The van der Waals surface area contributed by atoms with Gasteiger partial charge in [0, 0.05) is 11.6 Å². The maximum Gasteiger partial charge on any atom is 0.308 e. The smallest absolute Gasteiger partial charge is 0.308 e. The van der Waals surface area contributed by atoms with Gasteiger partial charge >= 0.3 is 5.97 Å². The van der Waals surface area contributed by atoms with E-state index in [0.29, 0.717) is 12.0 Å². The minimum atomic E-state index is -0.414. The lowest BCUT2D eigenvalue weighted by molar-refractivity contribution is -0.385. The first-order valence-corrected chi connectivity index (χ1v) is 5.27. The second-order valence-corrected chi connectivity index (χ2v) is 4.01. The van der Waals surface area contributed by atoms with Gasteiger partial charge in [0.25, 0.3) is 5.69 Å². The Morgan fingerprint density at radius 2 is 2.18 bits per heavy atom. The Bertz CT molecular complexity index is 442. The lowest BCUT2D eigenvalue weighted by atomic mass is 9.99. The van der Waals surface area contributed by atoms with Crippen molar-refractivity contribution in [2.75, 3.05) is 7.11 Å². The molecule has 0 N–H and O–H groups in total. The van der Waals surface area contributed by atoms with Gasteiger partial charge in [0.15, 0.2) is 0 Å². The summed E-state index contributed by atoms with van der Waals surface area (Å²) in [6.07, 6.45) is 0.519. The van der Waals surface area contributed by atoms with E-state index in [0.717, 1.165) is 5.56 Å². The Morgan fingerprint density at radius 1 is 1.53 bits per heavy atom. The number of nitro groups is 1. The number of esters is 1. The van der Waals surface area contributed by atoms with E-state index >= 15 is 0 Å². The van der Waals surface area contributed by atoms with Gasteiger partial charge in [0.1, 0.15) is 0 Å². The quantitative estimate of drug-likeness (QED) is 0.457. The molecule has 0 fully saturated rings. The largest absolute Gasteiger partial charge is 0.469 e. The molecule has 0 aliphatic carbocycles. The van der Waals surface area contributed by atoms with E-state index in [2.05, 4.69) is 4.74 Å². The molecular formula is C12H15NO4. The van der Waals surface area contributed by atoms with E-state index in [1.165, 1.54) is 13.2 Å². The zero-order valence-electron chi connectivity index (χ0n) is 10.1. The Balaban J connectivity index is 2.84. The SMILES string of the molecule is COC(=O)[C@@H](C)Cc1ccc([N+](=O)[O-])c(C)c1. The van der Waals surface area contributed by atoms with Crippen molar-refractivity contribution in [2.24, 2.45) is 5.92 Å². The fourth-order valence-corrected chi connectivity index (χ4v) is 1.69. The van der Waals surface area contributed by atoms with Crippen LogP contribution in [0.3, 0.4) is 0 Å². The molecular weight excluding hydrogens is 222 g/mol. The van der Waals surface area contributed by atoms with Crippen LogP contribution >= 0.6 is 0 Å². The molecule has 1 atom stereocenters. The van der Waals surface area contributed by atoms with Gasteiger partial charge in [-0.25, -0.2) is 0 Å². The molecule has 5 heteroatoms. The topological polar surface area (TPSA) is 69.4 Å². The van der Waals surface area contributed by atoms with Crippen LogP contribution in [-0.2, 0) is 16.0 Å². The summed E-state index contributed by atoms with van der Waals surface area (Å²) >= 11 is 0. The predicted octanol–water partition coefficient (Wildman–Crippen LogP) is 2.25. The molecule has 1 rings (SSSR count). The highest BCUT2D eigenvalue weighted by molar-refractivity contribution is 5.72. The average Bonchev–Trinajstić information content (AvgIpc) is 2.27. The number of nitrogens with zero attached hydrogens (tertiary/aromatic N) is 1. The number of nitro benzene ring substituents is 1. The maximum absolute atomic E-state index is 11.2. The molecule has 0 aromatic heterocycles. The molecule has 1 aromatic rings. The van der Waals surface area contributed by atoms with Crippen LogP contribution in [0.2, 0.25) is 0 Å². The highest BCUT2D eigenvalue weighted by atomic mass is 16.6. The minimum absolute atomic E-state index is 0.0967. The molecule has 0 saturated heterocycles. The van der Waals surface area contributed by atoms with Crippen LogP contribution in [0.15, 0.2) is 18.2 Å². The van der Waals surface area contributed by atoms with E-state index in [1.807, 2.05) is 0 Å². The summed E-state index contributed by atoms with van der Waals surface area (Å²) in [4.78, 5) is 21.5. The third kappa shape index (κ3) is 3.27. The number of methoxy groups -OCH3 is 1. The van der Waals surface area contributed by atoms with Crippen molar-refractivity contribution < 1.29 is 14.5 Å². The molecule has 0 radical (unpaired) electrons. The molecule has 0 heterocycles. The summed E-state index contributed by atoms with van der Waals surface area (Å²) in [6.45, 7) is 3.45. The van der Waals surface area contributed by atoms with Crippen LogP contribution in [0.1, 0.15) is 18.1 Å². The zero-order chi connectivity index (χ0) is 13.0. The Kier molecular flexibility index (Phi) is 4.20. The van der Waals surface area contributed by atoms with Gasteiger partial charge in [-0.15, -0.1) is 0 Å². The first kappa shape index (κ1) is 13.2. The van der Waals surface area contributed by atoms with Crippen LogP contribution in [-0.4, -0.2) is 18.0 Å². The average molecular weight is 237 g/mol. The summed E-state index contributed by atoms with van der Waals surface area (Å²) in [5.74, 6) is -0.526. The van der Waals surface area contributed by atoms with E-state index in [4.69, 9.17) is 0 Å². The Labute approximate surface area is 99.5 Å². The number of hydrogen-bond acceptors (Lipinski definition) is 4. The van der Waals surface area contributed by atoms with Crippen LogP contribution in [0.4, 0.5) is 5.69 Å². The Hall–Kier alpha value is -1.91. The van der Waals surface area contributed by atoms with Crippen molar-refractivity contribution in [1.82, 2.24) is 0 Å². The summed E-state index contributed by atoms with van der Waals surface area (Å²) in [5.41, 5.74) is 1.59. The fourth-order valence-electron chi connectivity index (χ4n) is 1.69. The van der Waals surface area contributed by atoms with Crippen molar-refractivity contribution in [3.05, 3.63) is 39.4 Å². The standard InChI is InChI=1S/C12H15NO4/c1-8-6-10(4-5-11(8)13(15)16)7-9(2)12(14)17-3/h4-6,9H,7H2,1-3H3/t9-/m0/s1. The lowest BCUT2D eigenvalue weighted by Crippen LogP contribution is -2.15. The van der Waals surface area contributed by atoms with Crippen LogP contribution in [0.25, 0.3) is 0 Å². The third-order valence-corrected chi connectivity index (χ3v) is 2.60. The molecule has 0 aliphatic rings. The summed E-state index contributed by atoms with van der Waals surface area (Å²) in [6, 6.07) is 4.87. The van der Waals surface area contributed by atoms with Gasteiger partial charge in [-0.2, -0.15) is 0 Å². The van der Waals surface area contributed by atoms with Crippen LogP contribution in [0.5, 0.6) is 0 Å². The van der Waals surface area contributed by atoms with Gasteiger partial charge in [-0.05, 0) is 25.0 Å². The van der Waals surface area contributed by atoms with E-state index < -0.39 is 4.92 Å². The molecule has 0 amide bonds. The summed E-state index contributed by atoms with van der Waals surface area (Å²) in [5, 5.41) is 10.6. The van der Waals surface area contributed by atoms with Crippen LogP contribution < -0.4 is 0 Å². The monoisotopic (exact) mass is 237 g/mol. The maximum atomic E-state index is 11.2. The number of hydrogen-bond donors (Lipinski definition) is 0. The number of carbonyl (C=O) groups excluding carboxylic acids is 1. The number of ether oxygens (including phenoxy) is 1. The number of benzene rings is 1. The third-order valence-electron chi connectivity index (χ3n) is 2.60. The molecule has 92 valence electrons. The summed E-state index contributed by atoms with van der Waals surface area (Å²) < 4.78 is 4.63. The van der Waals surface area contributed by atoms with Gasteiger partial charge in [0.05, 0.1) is 18.0 Å². The zero-order valence-corrected chi connectivity index (χ0v) is 10.1. The van der Waals surface area contributed by atoms with Gasteiger partial charge in [0.2, 0.25) is 0 Å². The van der Waals surface area contributed by atoms with Gasteiger partial charge in [-0.1, -0.05) is 13.0 Å². The second-order valence-electron chi connectivity index (χ2n) is 4.01. The van der Waals surface area contributed by atoms with E-state index in [9.17, 15) is 14.9 Å². The number of carbonyl (C=O) groups is 1. The van der Waals surface area contributed by atoms with Crippen molar-refractivity contribution in [1.29, 1.82) is 0 Å². The molecule has 1 aromatic carbocycles. The molecule has 5 nitrogen and oxygen atoms in total. The number of aryl methyl sites for hydroxylation is 1. The fraction of sp³-hybridized carbons (Fsp3) is 0.417. The highest BCUT2D eigenvalue weighted by Gasteiger charge is 2.16. The normalized spacial score (nSPS) is 11.9. The van der Waals surface area contributed by atoms with Crippen molar-refractivity contribution in [3.63, 3.8) is 0 Å². The van der Waals surface area contributed by atoms with Crippen molar-refractivity contribution in [3.8, 4) is 0 Å². The second kappa shape index (κ2) is 5.43. The van der Waals surface area contributed by atoms with E-state index in [1.54, 1.807) is 26.0 Å². The molecule has 0 bridgehead atoms. The van der Waals surface area contributed by atoms with Crippen molar-refractivity contribution >= 4 is 11.7 Å². The molecule has 0 saturated carbocycles. The predicted molar refractivity (Wildman–Crippen MR) is 62.7 cm³/mol. The first-order valence-electron chi connectivity index (χ1n) is 5.27. The van der Waals surface area contributed by atoms with Gasteiger partial charge in [-0.3, -0.25) is 14.9 Å². The van der Waals surface area contributed by atoms with Crippen LogP contribution in [0, 0.1) is 23.0 Å². The highest BCUT2D eigenvalue weighted by Crippen LogP contribution is 2.20. The molecule has 0 unspecified atom stereocenters. The van der Waals surface area contributed by atoms with Crippen molar-refractivity contribution in [2.45, 2.75) is 20.3 Å². The minimum Gasteiger partial charge on any atom is -0.469 e. The molecule has 0 aliphatic heterocycles. The lowest BCUT2D eigenvalue weighted by Gasteiger charge is -2.09. The molecule has 17 heavy (non-hydrogen) atoms. The molecule has 0 spiro atoms. The van der Waals surface area contributed by atoms with Gasteiger partial charge < -0.3 is 4.74 Å².